The summed E-state index contributed by atoms with van der Waals surface area (Å²) in [5.41, 5.74) is 9.54. The first-order valence-corrected chi connectivity index (χ1v) is 11.9. The van der Waals surface area contributed by atoms with Crippen molar-refractivity contribution in [1.29, 1.82) is 0 Å². The van der Waals surface area contributed by atoms with Gasteiger partial charge in [-0.1, -0.05) is 26.0 Å². The van der Waals surface area contributed by atoms with Crippen LogP contribution in [0.2, 0.25) is 0 Å². The van der Waals surface area contributed by atoms with Crippen LogP contribution in [0.5, 0.6) is 0 Å². The van der Waals surface area contributed by atoms with Crippen LogP contribution in [0.25, 0.3) is 11.0 Å². The van der Waals surface area contributed by atoms with E-state index in [1.54, 1.807) is 6.20 Å². The summed E-state index contributed by atoms with van der Waals surface area (Å²) in [6.07, 6.45) is 2.86. The van der Waals surface area contributed by atoms with E-state index in [1.165, 1.54) is 11.8 Å². The molecule has 0 saturated heterocycles. The van der Waals surface area contributed by atoms with Gasteiger partial charge in [0.05, 0.1) is 28.6 Å². The molecule has 9 heteroatoms. The number of H-pyrrole nitrogens is 2. The van der Waals surface area contributed by atoms with E-state index in [2.05, 4.69) is 28.8 Å². The van der Waals surface area contributed by atoms with Crippen LogP contribution in [-0.2, 0) is 4.79 Å². The SMILES string of the molecule is CC1(C)CC(=O)C2C(=Nc3c(c[nH]c3C(N)=O)C2c2ccc(Sc3nc4ccccc4[nH]3)o2)C1. The number of Topliss-reactive ketones (excluding diaryl/α,β-unsaturated/α-hetero) is 1. The van der Waals surface area contributed by atoms with E-state index in [9.17, 15) is 9.59 Å². The monoisotopic (exact) mass is 473 g/mol. The van der Waals surface area contributed by atoms with E-state index in [1.807, 2.05) is 36.4 Å². The smallest absolute Gasteiger partial charge is 0.267 e. The summed E-state index contributed by atoms with van der Waals surface area (Å²) < 4.78 is 6.26. The molecule has 0 radical (unpaired) electrons. The number of nitrogens with one attached hydrogen (secondary N) is 2. The molecular weight excluding hydrogens is 450 g/mol. The van der Waals surface area contributed by atoms with Crippen LogP contribution in [0.15, 0.2) is 62.3 Å². The predicted molar refractivity (Wildman–Crippen MR) is 129 cm³/mol. The fraction of sp³-hybridized carbons (Fsp3) is 0.280. The van der Waals surface area contributed by atoms with Crippen molar-refractivity contribution in [3.63, 3.8) is 0 Å². The van der Waals surface area contributed by atoms with Crippen LogP contribution in [-0.4, -0.2) is 32.4 Å². The van der Waals surface area contributed by atoms with Gasteiger partial charge in [0.25, 0.3) is 5.91 Å². The van der Waals surface area contributed by atoms with Crippen molar-refractivity contribution in [3.05, 3.63) is 59.6 Å². The van der Waals surface area contributed by atoms with Crippen molar-refractivity contribution < 1.29 is 14.0 Å². The van der Waals surface area contributed by atoms with Gasteiger partial charge in [-0.3, -0.25) is 14.6 Å². The lowest BCUT2D eigenvalue weighted by molar-refractivity contribution is -0.124. The maximum absolute atomic E-state index is 13.3. The highest BCUT2D eigenvalue weighted by molar-refractivity contribution is 7.99. The number of imidazole rings is 1. The molecule has 172 valence electrons. The van der Waals surface area contributed by atoms with E-state index in [-0.39, 0.29) is 22.8 Å². The molecular formula is C25H23N5O3S. The number of nitrogens with zero attached hydrogens (tertiary/aromatic N) is 2. The third kappa shape index (κ3) is 3.38. The first kappa shape index (κ1) is 21.0. The summed E-state index contributed by atoms with van der Waals surface area (Å²) >= 11 is 1.39. The molecule has 3 aromatic heterocycles. The maximum atomic E-state index is 13.3. The Morgan fingerprint density at radius 2 is 2.00 bits per heavy atom. The van der Waals surface area contributed by atoms with Crippen molar-refractivity contribution in [2.24, 2.45) is 22.1 Å². The number of primary amides is 1. The summed E-state index contributed by atoms with van der Waals surface area (Å²) in [6.45, 7) is 4.13. The van der Waals surface area contributed by atoms with Crippen LogP contribution >= 0.6 is 11.8 Å². The zero-order valence-corrected chi connectivity index (χ0v) is 19.5. The number of fused-ring (bicyclic) bond motifs is 3. The van der Waals surface area contributed by atoms with Crippen molar-refractivity contribution in [1.82, 2.24) is 15.0 Å². The van der Waals surface area contributed by atoms with Gasteiger partial charge in [0.15, 0.2) is 10.2 Å². The van der Waals surface area contributed by atoms with Gasteiger partial charge >= 0.3 is 0 Å². The molecule has 1 aliphatic carbocycles. The molecule has 2 aliphatic rings. The topological polar surface area (TPSA) is 130 Å². The lowest BCUT2D eigenvalue weighted by atomic mass is 9.65. The molecule has 2 unspecified atom stereocenters. The second-order valence-electron chi connectivity index (χ2n) is 9.69. The molecule has 0 bridgehead atoms. The first-order chi connectivity index (χ1) is 16.3. The molecule has 4 N–H and O–H groups in total. The quantitative estimate of drug-likeness (QED) is 0.386. The number of carbonyl (C=O) groups excluding carboxylic acids is 2. The second kappa shape index (κ2) is 7.46. The first-order valence-electron chi connectivity index (χ1n) is 11.1. The Morgan fingerprint density at radius 3 is 2.79 bits per heavy atom. The van der Waals surface area contributed by atoms with Crippen LogP contribution in [0.4, 0.5) is 5.69 Å². The van der Waals surface area contributed by atoms with Crippen molar-refractivity contribution in [3.8, 4) is 0 Å². The third-order valence-corrected chi connectivity index (χ3v) is 7.35. The predicted octanol–water partition coefficient (Wildman–Crippen LogP) is 4.96. The number of hydrogen-bond acceptors (Lipinski definition) is 6. The van der Waals surface area contributed by atoms with E-state index in [0.717, 1.165) is 27.5 Å². The minimum Gasteiger partial charge on any atom is -0.454 e. The van der Waals surface area contributed by atoms with E-state index in [0.29, 0.717) is 29.4 Å². The van der Waals surface area contributed by atoms with Gasteiger partial charge in [-0.05, 0) is 47.9 Å². The molecule has 1 fully saturated rings. The lowest BCUT2D eigenvalue weighted by Crippen LogP contribution is -2.42. The molecule has 8 nitrogen and oxygen atoms in total. The van der Waals surface area contributed by atoms with Crippen LogP contribution in [0.1, 0.15) is 54.4 Å². The molecule has 1 aliphatic heterocycles. The molecule has 0 spiro atoms. The summed E-state index contributed by atoms with van der Waals surface area (Å²) in [6, 6.07) is 11.6. The van der Waals surface area contributed by atoms with Gasteiger partial charge in [0, 0.05) is 23.9 Å². The Bertz CT molecular complexity index is 1460. The summed E-state index contributed by atoms with van der Waals surface area (Å²) in [7, 11) is 0. The normalized spacial score (nSPS) is 21.2. The maximum Gasteiger partial charge on any atom is 0.267 e. The number of nitrogens with two attached hydrogens (primary N) is 1. The zero-order valence-electron chi connectivity index (χ0n) is 18.7. The Labute approximate surface area is 199 Å². The van der Waals surface area contributed by atoms with E-state index in [4.69, 9.17) is 15.1 Å². The number of hydrogen-bond donors (Lipinski definition) is 3. The van der Waals surface area contributed by atoms with E-state index < -0.39 is 11.8 Å². The van der Waals surface area contributed by atoms with Gasteiger partial charge < -0.3 is 20.1 Å². The van der Waals surface area contributed by atoms with Gasteiger partial charge in [-0.2, -0.15) is 0 Å². The fourth-order valence-electron chi connectivity index (χ4n) is 5.16. The summed E-state index contributed by atoms with van der Waals surface area (Å²) in [4.78, 5) is 41.0. The third-order valence-electron chi connectivity index (χ3n) is 6.54. The highest BCUT2D eigenvalue weighted by Gasteiger charge is 2.47. The number of ketones is 1. The largest absolute Gasteiger partial charge is 0.454 e. The summed E-state index contributed by atoms with van der Waals surface area (Å²) in [5, 5.41) is 1.38. The summed E-state index contributed by atoms with van der Waals surface area (Å²) in [5.74, 6) is -0.590. The van der Waals surface area contributed by atoms with Crippen LogP contribution in [0, 0.1) is 11.3 Å². The second-order valence-corrected chi connectivity index (χ2v) is 10.7. The lowest BCUT2D eigenvalue weighted by Gasteiger charge is -2.39. The average molecular weight is 474 g/mol. The number of para-hydroxylation sites is 2. The van der Waals surface area contributed by atoms with Crippen LogP contribution < -0.4 is 5.73 Å². The highest BCUT2D eigenvalue weighted by Crippen LogP contribution is 2.50. The Hall–Kier alpha value is -3.59. The standard InChI is InChI=1S/C25H23N5O3S/c1-25(2)9-15-20(16(31)10-25)19(12-11-27-22(23(26)32)21(12)28-15)17-7-8-18(33-17)34-24-29-13-5-3-4-6-14(13)30-24/h3-8,11,19-20,27H,9-10H2,1-2H3,(H2,26,32)(H,29,30). The number of rotatable bonds is 4. The molecule has 2 atom stereocenters. The van der Waals surface area contributed by atoms with Gasteiger partial charge in [0.1, 0.15) is 17.2 Å². The molecule has 34 heavy (non-hydrogen) atoms. The number of aliphatic imine (C=N–C) groups is 1. The number of carbonyl (C=O) groups is 2. The van der Waals surface area contributed by atoms with Gasteiger partial charge in [0.2, 0.25) is 0 Å². The Kier molecular flexibility index (Phi) is 4.60. The van der Waals surface area contributed by atoms with Crippen molar-refractivity contribution >= 4 is 45.9 Å². The zero-order chi connectivity index (χ0) is 23.6. The molecule has 6 rings (SSSR count). The molecule has 1 amide bonds. The number of benzene rings is 1. The molecule has 4 heterocycles. The Balaban J connectivity index is 1.40. The fourth-order valence-corrected chi connectivity index (χ4v) is 5.93. The Morgan fingerprint density at radius 1 is 1.18 bits per heavy atom. The molecule has 4 aromatic rings. The van der Waals surface area contributed by atoms with E-state index >= 15 is 0 Å². The van der Waals surface area contributed by atoms with Crippen molar-refractivity contribution in [2.45, 2.75) is 42.9 Å². The highest BCUT2D eigenvalue weighted by atomic mass is 32.2. The van der Waals surface area contributed by atoms with Crippen molar-refractivity contribution in [2.75, 3.05) is 0 Å². The van der Waals surface area contributed by atoms with Crippen LogP contribution in [0.3, 0.4) is 0 Å². The molecule has 1 saturated carbocycles. The number of aromatic nitrogens is 3. The van der Waals surface area contributed by atoms with Gasteiger partial charge in [-0.15, -0.1) is 0 Å². The number of aromatic amines is 2. The number of furan rings is 1. The molecule has 1 aromatic carbocycles. The van der Waals surface area contributed by atoms with Gasteiger partial charge in [-0.25, -0.2) is 4.98 Å². The average Bonchev–Trinajstić information content (AvgIpc) is 3.49. The minimum absolute atomic E-state index is 0.135. The number of amides is 1. The minimum atomic E-state index is -0.579.